The molecule has 0 radical (unpaired) electrons. The van der Waals surface area contributed by atoms with Crippen LogP contribution >= 0.6 is 0 Å². The molecule has 0 spiro atoms. The third-order valence-corrected chi connectivity index (χ3v) is 3.13. The first-order valence-corrected chi connectivity index (χ1v) is 5.64. The van der Waals surface area contributed by atoms with Gasteiger partial charge in [0.15, 0.2) is 0 Å². The molecule has 0 aromatic heterocycles. The van der Waals surface area contributed by atoms with E-state index in [0.29, 0.717) is 12.3 Å². The number of nitrogens with one attached hydrogen (secondary N) is 1. The first-order chi connectivity index (χ1) is 7.79. The van der Waals surface area contributed by atoms with Gasteiger partial charge in [-0.1, -0.05) is 30.3 Å². The van der Waals surface area contributed by atoms with E-state index in [1.807, 2.05) is 6.07 Å². The molecule has 1 saturated heterocycles. The second-order valence-corrected chi connectivity index (χ2v) is 4.23. The van der Waals surface area contributed by atoms with Gasteiger partial charge in [0.05, 0.1) is 13.5 Å². The van der Waals surface area contributed by atoms with Crippen LogP contribution in [-0.4, -0.2) is 25.7 Å². The largest absolute Gasteiger partial charge is 0.469 e. The van der Waals surface area contributed by atoms with Crippen LogP contribution in [0.3, 0.4) is 0 Å². The molecule has 1 aromatic carbocycles. The summed E-state index contributed by atoms with van der Waals surface area (Å²) < 4.78 is 4.67. The van der Waals surface area contributed by atoms with Crippen molar-refractivity contribution in [2.75, 3.05) is 13.7 Å². The Labute approximate surface area is 95.8 Å². The molecule has 1 aromatic rings. The van der Waals surface area contributed by atoms with E-state index in [4.69, 9.17) is 0 Å². The minimum absolute atomic E-state index is 0.133. The normalized spacial score (nSPS) is 24.3. The lowest BCUT2D eigenvalue weighted by atomic mass is 9.95. The van der Waals surface area contributed by atoms with Gasteiger partial charge in [0, 0.05) is 12.6 Å². The average Bonchev–Trinajstić information content (AvgIpc) is 2.78. The topological polar surface area (TPSA) is 38.3 Å². The zero-order valence-electron chi connectivity index (χ0n) is 9.48. The van der Waals surface area contributed by atoms with Gasteiger partial charge < -0.3 is 10.1 Å². The molecule has 1 heterocycles. The van der Waals surface area contributed by atoms with Crippen LogP contribution in [0, 0.1) is 0 Å². The van der Waals surface area contributed by atoms with Crippen molar-refractivity contribution in [3.8, 4) is 0 Å². The van der Waals surface area contributed by atoms with E-state index in [1.165, 1.54) is 12.7 Å². The zero-order chi connectivity index (χ0) is 11.4. The van der Waals surface area contributed by atoms with E-state index in [-0.39, 0.29) is 12.0 Å². The summed E-state index contributed by atoms with van der Waals surface area (Å²) in [7, 11) is 1.44. The number of hydrogen-bond acceptors (Lipinski definition) is 3. The molecule has 3 nitrogen and oxygen atoms in total. The zero-order valence-corrected chi connectivity index (χ0v) is 9.48. The maximum atomic E-state index is 11.1. The quantitative estimate of drug-likeness (QED) is 0.786. The fraction of sp³-hybridized carbons (Fsp3) is 0.462. The molecule has 0 saturated carbocycles. The number of hydrogen-bond donors (Lipinski definition) is 1. The fourth-order valence-corrected chi connectivity index (χ4v) is 2.24. The summed E-state index contributed by atoms with van der Waals surface area (Å²) in [4.78, 5) is 11.1. The molecule has 16 heavy (non-hydrogen) atoms. The van der Waals surface area contributed by atoms with Crippen LogP contribution < -0.4 is 5.32 Å². The average molecular weight is 219 g/mol. The molecular formula is C13H17NO2. The summed E-state index contributed by atoms with van der Waals surface area (Å²) >= 11 is 0. The molecule has 0 aliphatic carbocycles. The maximum Gasteiger partial charge on any atom is 0.307 e. The van der Waals surface area contributed by atoms with Crippen molar-refractivity contribution in [2.45, 2.75) is 24.8 Å². The Bertz CT molecular complexity index is 350. The number of carbonyl (C=O) groups excluding carboxylic acids is 1. The predicted molar refractivity (Wildman–Crippen MR) is 62.2 cm³/mol. The monoisotopic (exact) mass is 219 g/mol. The lowest BCUT2D eigenvalue weighted by Crippen LogP contribution is -2.24. The molecular weight excluding hydrogens is 202 g/mol. The molecule has 86 valence electrons. The van der Waals surface area contributed by atoms with E-state index in [2.05, 4.69) is 34.3 Å². The lowest BCUT2D eigenvalue weighted by Gasteiger charge is -2.09. The van der Waals surface area contributed by atoms with Crippen molar-refractivity contribution in [3.63, 3.8) is 0 Å². The second-order valence-electron chi connectivity index (χ2n) is 4.23. The van der Waals surface area contributed by atoms with E-state index in [9.17, 15) is 4.79 Å². The summed E-state index contributed by atoms with van der Waals surface area (Å²) in [5.41, 5.74) is 1.35. The van der Waals surface area contributed by atoms with Crippen LogP contribution in [0.4, 0.5) is 0 Å². The predicted octanol–water partition coefficient (Wildman–Crippen LogP) is 1.70. The van der Waals surface area contributed by atoms with Crippen LogP contribution in [-0.2, 0) is 9.53 Å². The van der Waals surface area contributed by atoms with Crippen molar-refractivity contribution < 1.29 is 9.53 Å². The smallest absolute Gasteiger partial charge is 0.307 e. The highest BCUT2D eigenvalue weighted by molar-refractivity contribution is 5.70. The molecule has 0 bridgehead atoms. The number of esters is 1. The number of benzene rings is 1. The van der Waals surface area contributed by atoms with Gasteiger partial charge in [-0.3, -0.25) is 4.79 Å². The molecule has 2 atom stereocenters. The molecule has 3 heteroatoms. The number of carbonyl (C=O) groups is 1. The number of rotatable bonds is 3. The van der Waals surface area contributed by atoms with Crippen molar-refractivity contribution in [1.29, 1.82) is 0 Å². The molecule has 1 aliphatic heterocycles. The van der Waals surface area contributed by atoms with Gasteiger partial charge in [0.25, 0.3) is 0 Å². The van der Waals surface area contributed by atoms with E-state index in [0.717, 1.165) is 13.0 Å². The fourth-order valence-electron chi connectivity index (χ4n) is 2.24. The third kappa shape index (κ3) is 2.61. The summed E-state index contributed by atoms with van der Waals surface area (Å²) in [5.74, 6) is 0.391. The number of methoxy groups -OCH3 is 1. The first kappa shape index (κ1) is 11.1. The van der Waals surface area contributed by atoms with Crippen LogP contribution in [0.2, 0.25) is 0 Å². The maximum absolute atomic E-state index is 11.1. The SMILES string of the molecule is COC(=O)C[C@H]1C[C@H](c2ccccc2)CN1. The van der Waals surface area contributed by atoms with E-state index >= 15 is 0 Å². The Balaban J connectivity index is 1.91. The van der Waals surface area contributed by atoms with Gasteiger partial charge in [-0.15, -0.1) is 0 Å². The Hall–Kier alpha value is -1.35. The highest BCUT2D eigenvalue weighted by Crippen LogP contribution is 2.26. The Morgan fingerprint density at radius 3 is 2.88 bits per heavy atom. The van der Waals surface area contributed by atoms with Gasteiger partial charge in [-0.2, -0.15) is 0 Å². The molecule has 1 fully saturated rings. The summed E-state index contributed by atoms with van der Waals surface area (Å²) in [5, 5.41) is 3.37. The van der Waals surface area contributed by atoms with E-state index < -0.39 is 0 Å². The van der Waals surface area contributed by atoms with Gasteiger partial charge in [-0.25, -0.2) is 0 Å². The van der Waals surface area contributed by atoms with Gasteiger partial charge in [-0.05, 0) is 17.9 Å². The van der Waals surface area contributed by atoms with Crippen LogP contribution in [0.1, 0.15) is 24.3 Å². The molecule has 1 N–H and O–H groups in total. The summed E-state index contributed by atoms with van der Waals surface area (Å²) in [6, 6.07) is 10.7. The molecule has 1 aliphatic rings. The van der Waals surface area contributed by atoms with Crippen molar-refractivity contribution in [1.82, 2.24) is 5.32 Å². The summed E-state index contributed by atoms with van der Waals surface area (Å²) in [6.45, 7) is 0.950. The highest BCUT2D eigenvalue weighted by Gasteiger charge is 2.26. The van der Waals surface area contributed by atoms with Gasteiger partial charge >= 0.3 is 5.97 Å². The van der Waals surface area contributed by atoms with Crippen molar-refractivity contribution >= 4 is 5.97 Å². The number of ether oxygens (including phenoxy) is 1. The van der Waals surface area contributed by atoms with Crippen molar-refractivity contribution in [3.05, 3.63) is 35.9 Å². The Morgan fingerprint density at radius 2 is 2.19 bits per heavy atom. The Morgan fingerprint density at radius 1 is 1.44 bits per heavy atom. The van der Waals surface area contributed by atoms with Crippen LogP contribution in [0.5, 0.6) is 0 Å². The Kier molecular flexibility index (Phi) is 3.57. The summed E-state index contributed by atoms with van der Waals surface area (Å²) in [6.07, 6.45) is 1.49. The van der Waals surface area contributed by atoms with Gasteiger partial charge in [0.2, 0.25) is 0 Å². The van der Waals surface area contributed by atoms with Gasteiger partial charge in [0.1, 0.15) is 0 Å². The minimum Gasteiger partial charge on any atom is -0.469 e. The van der Waals surface area contributed by atoms with Crippen LogP contribution in [0.25, 0.3) is 0 Å². The third-order valence-electron chi connectivity index (χ3n) is 3.13. The molecule has 0 amide bonds. The first-order valence-electron chi connectivity index (χ1n) is 5.64. The van der Waals surface area contributed by atoms with E-state index in [1.54, 1.807) is 0 Å². The highest BCUT2D eigenvalue weighted by atomic mass is 16.5. The molecule has 2 rings (SSSR count). The standard InChI is InChI=1S/C13H17NO2/c1-16-13(15)8-12-7-11(9-14-12)10-5-3-2-4-6-10/h2-6,11-12,14H,7-9H2,1H3/t11-,12+/m0/s1. The van der Waals surface area contributed by atoms with Crippen molar-refractivity contribution in [2.24, 2.45) is 0 Å². The minimum atomic E-state index is -0.133. The molecule has 0 unspecified atom stereocenters. The lowest BCUT2D eigenvalue weighted by molar-refractivity contribution is -0.141. The van der Waals surface area contributed by atoms with Crippen LogP contribution in [0.15, 0.2) is 30.3 Å². The second kappa shape index (κ2) is 5.12.